The van der Waals surface area contributed by atoms with Crippen molar-refractivity contribution in [3.63, 3.8) is 0 Å². The van der Waals surface area contributed by atoms with Crippen molar-refractivity contribution in [3.8, 4) is 0 Å². The second-order valence-corrected chi connectivity index (χ2v) is 6.73. The van der Waals surface area contributed by atoms with Gasteiger partial charge in [0.15, 0.2) is 0 Å². The molecule has 3 atom stereocenters. The summed E-state index contributed by atoms with van der Waals surface area (Å²) in [4.78, 5) is 0. The van der Waals surface area contributed by atoms with Gasteiger partial charge in [0.25, 0.3) is 0 Å². The minimum absolute atomic E-state index is 0.0238. The van der Waals surface area contributed by atoms with Gasteiger partial charge in [-0.3, -0.25) is 9.09 Å². The average Bonchev–Trinajstić information content (AvgIpc) is 2.44. The van der Waals surface area contributed by atoms with Crippen molar-refractivity contribution in [2.45, 2.75) is 19.1 Å². The summed E-state index contributed by atoms with van der Waals surface area (Å²) in [7, 11) is 1.72. The van der Waals surface area contributed by atoms with Crippen LogP contribution < -0.4 is 0 Å². The normalized spacial score (nSPS) is 37.0. The zero-order valence-electron chi connectivity index (χ0n) is 8.63. The van der Waals surface area contributed by atoms with E-state index in [1.807, 2.05) is 37.3 Å². The highest BCUT2D eigenvalue weighted by atomic mass is 35.7. The number of halogens is 1. The molecule has 1 aromatic rings. The number of rotatable bonds is 1. The van der Waals surface area contributed by atoms with Gasteiger partial charge in [-0.25, -0.2) is 4.67 Å². The molecule has 0 N–H and O–H groups in total. The predicted molar refractivity (Wildman–Crippen MR) is 61.0 cm³/mol. The molecule has 0 saturated carbocycles. The molecule has 0 aromatic heterocycles. The van der Waals surface area contributed by atoms with Crippen LogP contribution in [-0.4, -0.2) is 17.8 Å². The van der Waals surface area contributed by atoms with Gasteiger partial charge < -0.3 is 0 Å². The summed E-state index contributed by atoms with van der Waals surface area (Å²) in [6.07, 6.45) is -0.209. The Kier molecular flexibility index (Phi) is 2.91. The Labute approximate surface area is 94.3 Å². The van der Waals surface area contributed by atoms with Gasteiger partial charge in [0.2, 0.25) is 0 Å². The molecular weight excluding hydrogens is 233 g/mol. The van der Waals surface area contributed by atoms with E-state index in [4.69, 9.17) is 15.8 Å². The molecule has 3 nitrogen and oxygen atoms in total. The van der Waals surface area contributed by atoms with Crippen molar-refractivity contribution in [2.75, 3.05) is 7.05 Å². The number of hydrogen-bond acceptors (Lipinski definition) is 2. The van der Waals surface area contributed by atoms with Crippen molar-refractivity contribution in [1.82, 2.24) is 4.67 Å². The van der Waals surface area contributed by atoms with E-state index in [1.165, 1.54) is 0 Å². The topological polar surface area (TPSA) is 29.5 Å². The van der Waals surface area contributed by atoms with Crippen LogP contribution in [0.15, 0.2) is 30.3 Å². The van der Waals surface area contributed by atoms with Crippen molar-refractivity contribution in [3.05, 3.63) is 35.9 Å². The number of benzene rings is 1. The third kappa shape index (κ3) is 1.98. The van der Waals surface area contributed by atoms with E-state index in [0.717, 1.165) is 5.56 Å². The molecule has 1 fully saturated rings. The lowest BCUT2D eigenvalue weighted by Crippen LogP contribution is -2.22. The monoisotopic (exact) mass is 245 g/mol. The van der Waals surface area contributed by atoms with Crippen LogP contribution in [0.1, 0.15) is 18.6 Å². The van der Waals surface area contributed by atoms with Gasteiger partial charge in [0.1, 0.15) is 6.10 Å². The maximum atomic E-state index is 11.8. The molecule has 5 heteroatoms. The molecule has 0 amide bonds. The Balaban J connectivity index is 2.31. The van der Waals surface area contributed by atoms with Crippen molar-refractivity contribution >= 4 is 18.1 Å². The van der Waals surface area contributed by atoms with Gasteiger partial charge in [0.05, 0.1) is 0 Å². The highest BCUT2D eigenvalue weighted by molar-refractivity contribution is 7.83. The molecule has 0 radical (unpaired) electrons. The Bertz CT molecular complexity index is 398. The Morgan fingerprint density at radius 2 is 2.00 bits per heavy atom. The molecule has 15 heavy (non-hydrogen) atoms. The summed E-state index contributed by atoms with van der Waals surface area (Å²) in [5.74, 6) is 0. The first kappa shape index (κ1) is 11.2. The maximum Gasteiger partial charge on any atom is 0.363 e. The lowest BCUT2D eigenvalue weighted by molar-refractivity contribution is 0.213. The van der Waals surface area contributed by atoms with E-state index in [1.54, 1.807) is 11.7 Å². The first-order chi connectivity index (χ1) is 7.02. The van der Waals surface area contributed by atoms with Crippen LogP contribution in [0.5, 0.6) is 0 Å². The number of nitrogens with zero attached hydrogens (tertiary/aromatic N) is 1. The molecule has 82 valence electrons. The largest absolute Gasteiger partial charge is 0.363 e. The highest BCUT2D eigenvalue weighted by Gasteiger charge is 2.45. The van der Waals surface area contributed by atoms with E-state index < -0.39 is 6.87 Å². The highest BCUT2D eigenvalue weighted by Crippen LogP contribution is 2.65. The Morgan fingerprint density at radius 1 is 1.40 bits per heavy atom. The number of likely N-dealkylation sites (N-methyl/N-ethyl adjacent to an activating group) is 1. The fourth-order valence-corrected chi connectivity index (χ4v) is 3.65. The van der Waals surface area contributed by atoms with Gasteiger partial charge in [-0.2, -0.15) is 0 Å². The SMILES string of the molecule is C[C@H]1[C@H](c2ccccc2)O[P@](=O)(Cl)N1C. The van der Waals surface area contributed by atoms with Crippen LogP contribution in [0.3, 0.4) is 0 Å². The van der Waals surface area contributed by atoms with E-state index in [2.05, 4.69) is 0 Å². The summed E-state index contributed by atoms with van der Waals surface area (Å²) in [6, 6.07) is 9.74. The molecule has 0 aliphatic carbocycles. The fourth-order valence-electron chi connectivity index (χ4n) is 1.70. The summed E-state index contributed by atoms with van der Waals surface area (Å²) in [5, 5.41) is 0. The fraction of sp³-hybridized carbons (Fsp3) is 0.400. The smallest absolute Gasteiger partial charge is 0.296 e. The van der Waals surface area contributed by atoms with Crippen molar-refractivity contribution < 1.29 is 9.09 Å². The summed E-state index contributed by atoms with van der Waals surface area (Å²) >= 11 is 5.82. The molecular formula is C10H13ClNO2P. The molecule has 1 aliphatic rings. The van der Waals surface area contributed by atoms with E-state index in [0.29, 0.717) is 0 Å². The van der Waals surface area contributed by atoms with Crippen molar-refractivity contribution in [2.24, 2.45) is 0 Å². The molecule has 1 aromatic carbocycles. The van der Waals surface area contributed by atoms with Crippen LogP contribution >= 0.6 is 18.1 Å². The number of hydrogen-bond donors (Lipinski definition) is 0. The van der Waals surface area contributed by atoms with Crippen LogP contribution in [0.2, 0.25) is 0 Å². The molecule has 2 rings (SSSR count). The third-order valence-electron chi connectivity index (χ3n) is 2.78. The molecule has 0 bridgehead atoms. The zero-order valence-corrected chi connectivity index (χ0v) is 10.3. The quantitative estimate of drug-likeness (QED) is 0.710. The predicted octanol–water partition coefficient (Wildman–Crippen LogP) is 3.43. The molecule has 1 saturated heterocycles. The molecule has 0 spiro atoms. The van der Waals surface area contributed by atoms with E-state index in [-0.39, 0.29) is 12.1 Å². The average molecular weight is 246 g/mol. The minimum Gasteiger partial charge on any atom is -0.296 e. The summed E-state index contributed by atoms with van der Waals surface area (Å²) in [5.41, 5.74) is 1.01. The van der Waals surface area contributed by atoms with Crippen molar-refractivity contribution in [1.29, 1.82) is 0 Å². The van der Waals surface area contributed by atoms with Gasteiger partial charge in [0, 0.05) is 6.04 Å². The zero-order chi connectivity index (χ0) is 11.1. The summed E-state index contributed by atoms with van der Waals surface area (Å²) < 4.78 is 18.8. The molecule has 0 unspecified atom stereocenters. The maximum absolute atomic E-state index is 11.8. The van der Waals surface area contributed by atoms with Crippen LogP contribution in [0.25, 0.3) is 0 Å². The first-order valence-corrected chi connectivity index (χ1v) is 7.27. The van der Waals surface area contributed by atoms with E-state index in [9.17, 15) is 4.57 Å². The summed E-state index contributed by atoms with van der Waals surface area (Å²) in [6.45, 7) is -1.15. The van der Waals surface area contributed by atoms with Gasteiger partial charge in [-0.15, -0.1) is 0 Å². The van der Waals surface area contributed by atoms with Gasteiger partial charge in [-0.1, -0.05) is 30.3 Å². The minimum atomic E-state index is -3.11. The standard InChI is InChI=1S/C10H13ClNO2P/c1-8-10(9-6-4-3-5-7-9)14-15(11,13)12(8)2/h3-8,10H,1-2H3/t8-,10+,15+/m0/s1. The second kappa shape index (κ2) is 3.91. The van der Waals surface area contributed by atoms with Crippen LogP contribution in [-0.2, 0) is 9.09 Å². The van der Waals surface area contributed by atoms with Gasteiger partial charge >= 0.3 is 6.87 Å². The van der Waals surface area contributed by atoms with Crippen LogP contribution in [0.4, 0.5) is 0 Å². The third-order valence-corrected chi connectivity index (χ3v) is 5.34. The van der Waals surface area contributed by atoms with Gasteiger partial charge in [-0.05, 0) is 30.8 Å². The molecule has 1 aliphatic heterocycles. The van der Waals surface area contributed by atoms with Crippen LogP contribution in [0, 0.1) is 0 Å². The lowest BCUT2D eigenvalue weighted by Gasteiger charge is -2.16. The Morgan fingerprint density at radius 3 is 2.47 bits per heavy atom. The first-order valence-electron chi connectivity index (χ1n) is 4.79. The van der Waals surface area contributed by atoms with E-state index >= 15 is 0 Å². The lowest BCUT2D eigenvalue weighted by atomic mass is 10.0. The Hall–Kier alpha value is -0.340. The molecule has 1 heterocycles. The second-order valence-electron chi connectivity index (χ2n) is 3.70.